The maximum absolute atomic E-state index is 6.28. The molecule has 0 aliphatic heterocycles. The van der Waals surface area contributed by atoms with Crippen molar-refractivity contribution >= 4 is 58.0 Å². The molecule has 3 aromatic rings. The zero-order valence-corrected chi connectivity index (χ0v) is 19.1. The summed E-state index contributed by atoms with van der Waals surface area (Å²) in [7, 11) is 0. The number of thiocarbonyl (C=S) groups is 1. The normalized spacial score (nSPS) is 10.9. The van der Waals surface area contributed by atoms with Crippen molar-refractivity contribution in [1.82, 2.24) is 24.9 Å². The Balaban J connectivity index is 1.48. The summed E-state index contributed by atoms with van der Waals surface area (Å²) in [5, 5.41) is 17.1. The van der Waals surface area contributed by atoms with Gasteiger partial charge in [-0.05, 0) is 56.2 Å². The number of aryl methyl sites for hydroxylation is 3. The molecular formula is C19H21Cl3N6S. The predicted octanol–water partition coefficient (Wildman–Crippen LogP) is 5.08. The first kappa shape index (κ1) is 21.9. The van der Waals surface area contributed by atoms with E-state index in [4.69, 9.17) is 47.0 Å². The maximum Gasteiger partial charge on any atom is 0.173 e. The molecule has 0 bridgehead atoms. The molecule has 10 heteroatoms. The molecule has 0 aliphatic carbocycles. The van der Waals surface area contributed by atoms with Gasteiger partial charge in [0.05, 0.1) is 22.3 Å². The van der Waals surface area contributed by atoms with Gasteiger partial charge in [-0.1, -0.05) is 40.9 Å². The zero-order chi connectivity index (χ0) is 21.0. The number of nitrogens with zero attached hydrogens (tertiary/aromatic N) is 4. The van der Waals surface area contributed by atoms with E-state index in [1.807, 2.05) is 23.7 Å². The van der Waals surface area contributed by atoms with E-state index in [0.717, 1.165) is 29.9 Å². The number of anilines is 1. The first-order valence-electron chi connectivity index (χ1n) is 9.04. The second-order valence-electron chi connectivity index (χ2n) is 6.66. The smallest absolute Gasteiger partial charge is 0.173 e. The fraction of sp³-hybridized carbons (Fsp3) is 0.316. The molecule has 2 heterocycles. The van der Waals surface area contributed by atoms with Crippen LogP contribution < -0.4 is 10.6 Å². The van der Waals surface area contributed by atoms with Gasteiger partial charge in [-0.25, -0.2) is 0 Å². The Morgan fingerprint density at radius 2 is 1.86 bits per heavy atom. The fourth-order valence-electron chi connectivity index (χ4n) is 2.87. The van der Waals surface area contributed by atoms with E-state index in [1.165, 1.54) is 0 Å². The predicted molar refractivity (Wildman–Crippen MR) is 123 cm³/mol. The van der Waals surface area contributed by atoms with E-state index in [1.54, 1.807) is 16.9 Å². The topological polar surface area (TPSA) is 59.7 Å². The van der Waals surface area contributed by atoms with Gasteiger partial charge in [-0.2, -0.15) is 10.2 Å². The van der Waals surface area contributed by atoms with Gasteiger partial charge in [0.2, 0.25) is 0 Å². The number of hydrogen-bond donors (Lipinski definition) is 2. The van der Waals surface area contributed by atoms with Crippen LogP contribution in [0.25, 0.3) is 0 Å². The molecular weight excluding hydrogens is 451 g/mol. The number of halogens is 3. The van der Waals surface area contributed by atoms with Gasteiger partial charge >= 0.3 is 0 Å². The quantitative estimate of drug-likeness (QED) is 0.372. The van der Waals surface area contributed by atoms with Crippen LogP contribution in [-0.2, 0) is 13.1 Å². The van der Waals surface area contributed by atoms with Crippen LogP contribution in [0.1, 0.15) is 23.4 Å². The SMILES string of the molecule is Cc1cc(C)n(CCCNC(=S)Nc2nn(Cc3ccc(Cl)c(Cl)c3)cc2Cl)n1. The van der Waals surface area contributed by atoms with Crippen molar-refractivity contribution in [2.45, 2.75) is 33.4 Å². The van der Waals surface area contributed by atoms with Crippen LogP contribution in [0.3, 0.4) is 0 Å². The molecule has 0 unspecified atom stereocenters. The van der Waals surface area contributed by atoms with Crippen LogP contribution >= 0.6 is 47.0 Å². The molecule has 0 aliphatic rings. The molecule has 2 N–H and O–H groups in total. The van der Waals surface area contributed by atoms with E-state index in [-0.39, 0.29) is 0 Å². The Morgan fingerprint density at radius 3 is 2.55 bits per heavy atom. The molecule has 0 saturated carbocycles. The maximum atomic E-state index is 6.28. The van der Waals surface area contributed by atoms with Crippen molar-refractivity contribution in [2.24, 2.45) is 0 Å². The lowest BCUT2D eigenvalue weighted by atomic mass is 10.2. The summed E-state index contributed by atoms with van der Waals surface area (Å²) < 4.78 is 3.71. The highest BCUT2D eigenvalue weighted by molar-refractivity contribution is 7.80. The van der Waals surface area contributed by atoms with Gasteiger partial charge in [0.15, 0.2) is 10.9 Å². The molecule has 3 rings (SSSR count). The van der Waals surface area contributed by atoms with E-state index in [9.17, 15) is 0 Å². The first-order valence-corrected chi connectivity index (χ1v) is 10.6. The third kappa shape index (κ3) is 6.09. The van der Waals surface area contributed by atoms with Gasteiger partial charge < -0.3 is 10.6 Å². The van der Waals surface area contributed by atoms with Crippen molar-refractivity contribution in [2.75, 3.05) is 11.9 Å². The number of nitrogens with one attached hydrogen (secondary N) is 2. The summed E-state index contributed by atoms with van der Waals surface area (Å²) in [6.45, 7) is 6.10. The molecule has 0 saturated heterocycles. The summed E-state index contributed by atoms with van der Waals surface area (Å²) in [6.07, 6.45) is 2.63. The summed E-state index contributed by atoms with van der Waals surface area (Å²) in [5.74, 6) is 0.503. The van der Waals surface area contributed by atoms with Crippen LogP contribution in [-0.4, -0.2) is 31.2 Å². The minimum Gasteiger partial charge on any atom is -0.362 e. The summed E-state index contributed by atoms with van der Waals surface area (Å²) in [6, 6.07) is 7.53. The van der Waals surface area contributed by atoms with Crippen molar-refractivity contribution in [3.05, 3.63) is 62.5 Å². The van der Waals surface area contributed by atoms with Crippen molar-refractivity contribution in [3.8, 4) is 0 Å². The highest BCUT2D eigenvalue weighted by atomic mass is 35.5. The Kier molecular flexibility index (Phi) is 7.40. The minimum absolute atomic E-state index is 0.472. The molecule has 2 aromatic heterocycles. The molecule has 0 amide bonds. The summed E-state index contributed by atoms with van der Waals surface area (Å²) in [4.78, 5) is 0. The van der Waals surface area contributed by atoms with Crippen molar-refractivity contribution < 1.29 is 0 Å². The second kappa shape index (κ2) is 9.80. The lowest BCUT2D eigenvalue weighted by molar-refractivity contribution is 0.558. The largest absolute Gasteiger partial charge is 0.362 e. The third-order valence-electron chi connectivity index (χ3n) is 4.21. The van der Waals surface area contributed by atoms with Gasteiger partial charge in [0.1, 0.15) is 5.02 Å². The average molecular weight is 472 g/mol. The fourth-order valence-corrected chi connectivity index (χ4v) is 3.59. The third-order valence-corrected chi connectivity index (χ3v) is 5.48. The van der Waals surface area contributed by atoms with E-state index in [2.05, 4.69) is 33.8 Å². The molecule has 1 aromatic carbocycles. The summed E-state index contributed by atoms with van der Waals surface area (Å²) in [5.41, 5.74) is 3.15. The zero-order valence-electron chi connectivity index (χ0n) is 16.0. The van der Waals surface area contributed by atoms with Crippen LogP contribution in [0, 0.1) is 13.8 Å². The monoisotopic (exact) mass is 470 g/mol. The molecule has 0 spiro atoms. The van der Waals surface area contributed by atoms with Gasteiger partial charge in [0, 0.05) is 25.0 Å². The molecule has 6 nitrogen and oxygen atoms in total. The van der Waals surface area contributed by atoms with Crippen molar-refractivity contribution in [1.29, 1.82) is 0 Å². The highest BCUT2D eigenvalue weighted by Gasteiger charge is 2.10. The van der Waals surface area contributed by atoms with E-state index >= 15 is 0 Å². The Labute approximate surface area is 190 Å². The number of aromatic nitrogens is 4. The van der Waals surface area contributed by atoms with Crippen LogP contribution in [0.5, 0.6) is 0 Å². The highest BCUT2D eigenvalue weighted by Crippen LogP contribution is 2.24. The molecule has 0 radical (unpaired) electrons. The average Bonchev–Trinajstić information content (AvgIpc) is 3.16. The molecule has 29 heavy (non-hydrogen) atoms. The number of rotatable bonds is 7. The Bertz CT molecular complexity index is 1010. The van der Waals surface area contributed by atoms with Crippen LogP contribution in [0.2, 0.25) is 15.1 Å². The lowest BCUT2D eigenvalue weighted by Crippen LogP contribution is -2.30. The minimum atomic E-state index is 0.472. The van der Waals surface area contributed by atoms with Crippen LogP contribution in [0.4, 0.5) is 5.82 Å². The number of benzene rings is 1. The van der Waals surface area contributed by atoms with Gasteiger partial charge in [0.25, 0.3) is 0 Å². The molecule has 0 atom stereocenters. The molecule has 154 valence electrons. The van der Waals surface area contributed by atoms with E-state index < -0.39 is 0 Å². The van der Waals surface area contributed by atoms with Gasteiger partial charge in [-0.3, -0.25) is 9.36 Å². The second-order valence-corrected chi connectivity index (χ2v) is 8.29. The van der Waals surface area contributed by atoms with E-state index in [0.29, 0.717) is 39.1 Å². The van der Waals surface area contributed by atoms with Crippen molar-refractivity contribution in [3.63, 3.8) is 0 Å². The lowest BCUT2D eigenvalue weighted by Gasteiger charge is -2.09. The first-order chi connectivity index (χ1) is 13.8. The van der Waals surface area contributed by atoms with Crippen LogP contribution in [0.15, 0.2) is 30.5 Å². The standard InChI is InChI=1S/C19H21Cl3N6S/c1-12-8-13(2)28(25-12)7-3-6-23-19(29)24-18-17(22)11-27(26-18)10-14-4-5-15(20)16(21)9-14/h4-5,8-9,11H,3,6-7,10H2,1-2H3,(H2,23,24,26,29). The summed E-state index contributed by atoms with van der Waals surface area (Å²) >= 11 is 23.6. The van der Waals surface area contributed by atoms with Gasteiger partial charge in [-0.15, -0.1) is 0 Å². The Hall–Kier alpha value is -1.80. The Morgan fingerprint density at radius 1 is 1.07 bits per heavy atom. The number of hydrogen-bond acceptors (Lipinski definition) is 3. The molecule has 0 fully saturated rings.